The number of carbonyl (C=O) groups excluding carboxylic acids is 2. The maximum absolute atomic E-state index is 13.0. The first-order valence-corrected chi connectivity index (χ1v) is 8.86. The van der Waals surface area contributed by atoms with Crippen molar-refractivity contribution >= 4 is 23.5 Å². The molecule has 1 aliphatic carbocycles. The summed E-state index contributed by atoms with van der Waals surface area (Å²) in [6.45, 7) is 1.99. The normalized spacial score (nSPS) is 22.2. The van der Waals surface area contributed by atoms with E-state index in [9.17, 15) is 9.59 Å². The molecule has 3 amide bonds. The molecule has 0 radical (unpaired) electrons. The summed E-state index contributed by atoms with van der Waals surface area (Å²) in [5, 5.41) is 3.47. The van der Waals surface area contributed by atoms with Gasteiger partial charge in [0.25, 0.3) is 5.91 Å². The first-order chi connectivity index (χ1) is 12.0. The summed E-state index contributed by atoms with van der Waals surface area (Å²) in [4.78, 5) is 26.8. The van der Waals surface area contributed by atoms with E-state index in [1.165, 1.54) is 16.0 Å². The molecule has 1 aliphatic heterocycles. The van der Waals surface area contributed by atoms with Crippen molar-refractivity contribution in [3.63, 3.8) is 0 Å². The van der Waals surface area contributed by atoms with E-state index < -0.39 is 5.54 Å². The highest BCUT2D eigenvalue weighted by atomic mass is 35.5. The number of benzene rings is 2. The molecule has 4 nitrogen and oxygen atoms in total. The third-order valence-corrected chi connectivity index (χ3v) is 5.42. The molecule has 1 fully saturated rings. The van der Waals surface area contributed by atoms with Gasteiger partial charge in [0, 0.05) is 5.02 Å². The Morgan fingerprint density at radius 3 is 2.72 bits per heavy atom. The molecule has 2 aromatic rings. The Hall–Kier alpha value is -2.33. The van der Waals surface area contributed by atoms with E-state index >= 15 is 0 Å². The molecule has 2 aliphatic rings. The average molecular weight is 355 g/mol. The Balaban J connectivity index is 1.63. The third-order valence-electron chi connectivity index (χ3n) is 5.18. The molecule has 2 aromatic carbocycles. The molecule has 1 N–H and O–H groups in total. The molecule has 5 heteroatoms. The van der Waals surface area contributed by atoms with Gasteiger partial charge in [-0.15, -0.1) is 0 Å². The largest absolute Gasteiger partial charge is 0.325 e. The van der Waals surface area contributed by atoms with Crippen LogP contribution in [0.4, 0.5) is 4.79 Å². The van der Waals surface area contributed by atoms with Gasteiger partial charge in [0.05, 0.1) is 6.54 Å². The van der Waals surface area contributed by atoms with Gasteiger partial charge in [0.15, 0.2) is 0 Å². The minimum absolute atomic E-state index is 0.214. The number of fused-ring (bicyclic) bond motifs is 1. The van der Waals surface area contributed by atoms with E-state index in [1.54, 1.807) is 19.1 Å². The van der Waals surface area contributed by atoms with Crippen LogP contribution in [0, 0.1) is 0 Å². The molecule has 0 bridgehead atoms. The van der Waals surface area contributed by atoms with E-state index in [1.807, 2.05) is 18.2 Å². The molecule has 0 spiro atoms. The highest BCUT2D eigenvalue weighted by Crippen LogP contribution is 2.33. The smallest absolute Gasteiger partial charge is 0.319 e. The molecule has 128 valence electrons. The van der Waals surface area contributed by atoms with Crippen LogP contribution < -0.4 is 5.32 Å². The number of hydrogen-bond donors (Lipinski definition) is 1. The summed E-state index contributed by atoms with van der Waals surface area (Å²) in [6.07, 6.45) is 3.28. The molecule has 4 rings (SSSR count). The van der Waals surface area contributed by atoms with E-state index in [4.69, 9.17) is 11.6 Å². The van der Waals surface area contributed by atoms with Crippen molar-refractivity contribution in [1.29, 1.82) is 0 Å². The zero-order valence-corrected chi connectivity index (χ0v) is 14.8. The van der Waals surface area contributed by atoms with Gasteiger partial charge < -0.3 is 5.32 Å². The minimum atomic E-state index is -1.02. The number of hydrogen-bond acceptors (Lipinski definition) is 2. The second kappa shape index (κ2) is 5.88. The van der Waals surface area contributed by atoms with Crippen molar-refractivity contribution in [1.82, 2.24) is 10.2 Å². The summed E-state index contributed by atoms with van der Waals surface area (Å²) in [5.41, 5.74) is 3.29. The third kappa shape index (κ3) is 2.71. The maximum Gasteiger partial charge on any atom is 0.325 e. The van der Waals surface area contributed by atoms with Crippen LogP contribution in [0.15, 0.2) is 42.5 Å². The van der Waals surface area contributed by atoms with Crippen molar-refractivity contribution in [2.24, 2.45) is 0 Å². The molecule has 0 saturated carbocycles. The average Bonchev–Trinajstić information content (AvgIpc) is 3.13. The SMILES string of the molecule is CC1(c2ccc3c(c2)CCC3)NC(=O)N(Cc2cccc(Cl)c2)C1=O. The van der Waals surface area contributed by atoms with Crippen molar-refractivity contribution in [3.8, 4) is 0 Å². The monoisotopic (exact) mass is 354 g/mol. The molecule has 1 saturated heterocycles. The summed E-state index contributed by atoms with van der Waals surface area (Å²) >= 11 is 6.01. The van der Waals surface area contributed by atoms with Crippen LogP contribution in [-0.4, -0.2) is 16.8 Å². The number of urea groups is 1. The van der Waals surface area contributed by atoms with Crippen LogP contribution in [0.1, 0.15) is 35.6 Å². The second-order valence-corrected chi connectivity index (χ2v) is 7.35. The molecule has 1 atom stereocenters. The molecule has 25 heavy (non-hydrogen) atoms. The van der Waals surface area contributed by atoms with Crippen molar-refractivity contribution < 1.29 is 9.59 Å². The number of nitrogens with zero attached hydrogens (tertiary/aromatic N) is 1. The lowest BCUT2D eigenvalue weighted by atomic mass is 9.89. The van der Waals surface area contributed by atoms with Crippen LogP contribution >= 0.6 is 11.6 Å². The van der Waals surface area contributed by atoms with Gasteiger partial charge in [-0.25, -0.2) is 4.79 Å². The number of carbonyl (C=O) groups is 2. The van der Waals surface area contributed by atoms with Crippen LogP contribution in [-0.2, 0) is 29.7 Å². The van der Waals surface area contributed by atoms with Crippen LogP contribution in [0.25, 0.3) is 0 Å². The fourth-order valence-corrected chi connectivity index (χ4v) is 3.95. The zero-order valence-electron chi connectivity index (χ0n) is 14.0. The van der Waals surface area contributed by atoms with Gasteiger partial charge in [0.2, 0.25) is 0 Å². The van der Waals surface area contributed by atoms with Crippen LogP contribution in [0.2, 0.25) is 5.02 Å². The summed E-state index contributed by atoms with van der Waals surface area (Å²) in [7, 11) is 0. The number of rotatable bonds is 3. The van der Waals surface area contributed by atoms with Gasteiger partial charge >= 0.3 is 6.03 Å². The quantitative estimate of drug-likeness (QED) is 0.852. The first kappa shape index (κ1) is 16.2. The van der Waals surface area contributed by atoms with Crippen LogP contribution in [0.5, 0.6) is 0 Å². The Morgan fingerprint density at radius 2 is 1.92 bits per heavy atom. The van der Waals surface area contributed by atoms with E-state index in [-0.39, 0.29) is 18.5 Å². The number of halogens is 1. The molecular formula is C20H19ClN2O2. The van der Waals surface area contributed by atoms with Crippen molar-refractivity contribution in [3.05, 3.63) is 69.7 Å². The first-order valence-electron chi connectivity index (χ1n) is 8.48. The Labute approximate surface area is 151 Å². The zero-order chi connectivity index (χ0) is 17.6. The molecule has 0 aromatic heterocycles. The van der Waals surface area contributed by atoms with E-state index in [2.05, 4.69) is 17.4 Å². The van der Waals surface area contributed by atoms with Crippen molar-refractivity contribution in [2.75, 3.05) is 0 Å². The summed E-state index contributed by atoms with van der Waals surface area (Å²) in [6, 6.07) is 13.0. The van der Waals surface area contributed by atoms with E-state index in [0.29, 0.717) is 5.02 Å². The van der Waals surface area contributed by atoms with Gasteiger partial charge in [-0.05, 0) is 60.6 Å². The highest BCUT2D eigenvalue weighted by molar-refractivity contribution is 6.30. The predicted molar refractivity (Wildman–Crippen MR) is 96.4 cm³/mol. The lowest BCUT2D eigenvalue weighted by Crippen LogP contribution is -2.40. The Bertz CT molecular complexity index is 880. The number of amides is 3. The summed E-state index contributed by atoms with van der Waals surface area (Å²) < 4.78 is 0. The minimum Gasteiger partial charge on any atom is -0.319 e. The molecule has 1 unspecified atom stereocenters. The fourth-order valence-electron chi connectivity index (χ4n) is 3.74. The van der Waals surface area contributed by atoms with Crippen LogP contribution in [0.3, 0.4) is 0 Å². The lowest BCUT2D eigenvalue weighted by Gasteiger charge is -2.23. The molecular weight excluding hydrogens is 336 g/mol. The summed E-state index contributed by atoms with van der Waals surface area (Å²) in [5.74, 6) is -0.226. The predicted octanol–water partition coefficient (Wildman–Crippen LogP) is 3.80. The van der Waals surface area contributed by atoms with Gasteiger partial charge in [0.1, 0.15) is 5.54 Å². The van der Waals surface area contributed by atoms with Gasteiger partial charge in [-0.3, -0.25) is 9.69 Å². The fraction of sp³-hybridized carbons (Fsp3) is 0.300. The maximum atomic E-state index is 13.0. The topological polar surface area (TPSA) is 49.4 Å². The Kier molecular flexibility index (Phi) is 3.80. The van der Waals surface area contributed by atoms with E-state index in [0.717, 1.165) is 30.4 Å². The number of aryl methyl sites for hydroxylation is 2. The van der Waals surface area contributed by atoms with Gasteiger partial charge in [-0.1, -0.05) is 41.9 Å². The molecule has 1 heterocycles. The highest BCUT2D eigenvalue weighted by Gasteiger charge is 2.49. The standard InChI is InChI=1S/C20H19ClN2O2/c1-20(16-9-8-14-5-3-6-15(14)11-16)18(24)23(19(25)22-20)12-13-4-2-7-17(21)10-13/h2,4,7-11H,3,5-6,12H2,1H3,(H,22,25). The Morgan fingerprint density at radius 1 is 1.12 bits per heavy atom. The second-order valence-electron chi connectivity index (χ2n) is 6.91. The number of nitrogens with one attached hydrogen (secondary N) is 1. The van der Waals surface area contributed by atoms with Gasteiger partial charge in [-0.2, -0.15) is 0 Å². The number of imide groups is 1. The van der Waals surface area contributed by atoms with Crippen molar-refractivity contribution in [2.45, 2.75) is 38.3 Å². The lowest BCUT2D eigenvalue weighted by molar-refractivity contribution is -0.131.